The first-order valence-corrected chi connectivity index (χ1v) is 9.17. The molecule has 8 heteroatoms. The van der Waals surface area contributed by atoms with Crippen LogP contribution in [0.2, 0.25) is 5.02 Å². The van der Waals surface area contributed by atoms with Gasteiger partial charge in [0.25, 0.3) is 5.56 Å². The second-order valence-corrected chi connectivity index (χ2v) is 6.79. The lowest BCUT2D eigenvalue weighted by molar-refractivity contribution is -0.255. The van der Waals surface area contributed by atoms with Gasteiger partial charge in [-0.15, -0.1) is 0 Å². The summed E-state index contributed by atoms with van der Waals surface area (Å²) in [4.78, 5) is 32.3. The number of fused-ring (bicyclic) bond motifs is 1. The highest BCUT2D eigenvalue weighted by Crippen LogP contribution is 2.26. The first kappa shape index (κ1) is 19.4. The van der Waals surface area contributed by atoms with Gasteiger partial charge in [-0.1, -0.05) is 41.9 Å². The highest BCUT2D eigenvalue weighted by molar-refractivity contribution is 6.30. The number of aromatic nitrogens is 2. The summed E-state index contributed by atoms with van der Waals surface area (Å²) < 4.78 is 1.08. The molecule has 1 N–H and O–H groups in total. The summed E-state index contributed by atoms with van der Waals surface area (Å²) in [5.74, 6) is -1.40. The van der Waals surface area contributed by atoms with E-state index in [4.69, 9.17) is 11.6 Å². The van der Waals surface area contributed by atoms with Crippen molar-refractivity contribution in [2.75, 3.05) is 0 Å². The van der Waals surface area contributed by atoms with Crippen LogP contribution >= 0.6 is 11.6 Å². The Kier molecular flexibility index (Phi) is 5.04. The molecule has 148 valence electrons. The monoisotopic (exact) mass is 418 g/mol. The Morgan fingerprint density at radius 3 is 2.40 bits per heavy atom. The van der Waals surface area contributed by atoms with E-state index >= 15 is 0 Å². The third kappa shape index (κ3) is 3.54. The molecule has 0 aliphatic heterocycles. The maximum absolute atomic E-state index is 13.0. The summed E-state index contributed by atoms with van der Waals surface area (Å²) in [5, 5.41) is 23.1. The lowest BCUT2D eigenvalue weighted by Crippen LogP contribution is -2.21. The molecule has 0 bridgehead atoms. The number of carbonyl (C=O) groups excluding carboxylic acids is 1. The smallest absolute Gasteiger partial charge is 0.267 e. The van der Waals surface area contributed by atoms with E-state index in [-0.39, 0.29) is 17.3 Å². The fraction of sp³-hybridized carbons (Fsp3) is 0. The Bertz CT molecular complexity index is 1340. The van der Waals surface area contributed by atoms with Gasteiger partial charge in [-0.2, -0.15) is 0 Å². The van der Waals surface area contributed by atoms with Crippen molar-refractivity contribution in [3.8, 4) is 11.7 Å². The number of halogens is 1. The topological polar surface area (TPSA) is 108 Å². The quantitative estimate of drug-likeness (QED) is 0.513. The van der Waals surface area contributed by atoms with Crippen LogP contribution in [0.15, 0.2) is 76.6 Å². The lowest BCUT2D eigenvalue weighted by Gasteiger charge is -2.13. The molecule has 0 saturated heterocycles. The number of aromatic carboxylic acids is 1. The zero-order valence-corrected chi connectivity index (χ0v) is 16.1. The standard InChI is InChI=1S/C22H14ClN3O4/c23-14-7-10-19(25-11-14)26-20(27)17-4-2-1-3-16(17)18(21(26)28)12-24-15-8-5-13(6-9-15)22(29)30/h1-12,28H,(H,29,30)/p-1. The molecule has 0 unspecified atom stereocenters. The van der Waals surface area contributed by atoms with Crippen LogP contribution in [0.5, 0.6) is 5.88 Å². The Morgan fingerprint density at radius 2 is 1.77 bits per heavy atom. The SMILES string of the molecule is O=C([O-])c1ccc(N=Cc2c(O)n(-c3ccc(Cl)cn3)c(=O)c3ccccc23)cc1. The number of carboxylic acid groups (broad SMARTS) is 1. The fourth-order valence-electron chi connectivity index (χ4n) is 3.02. The average molecular weight is 419 g/mol. The molecule has 4 aromatic rings. The second-order valence-electron chi connectivity index (χ2n) is 6.35. The summed E-state index contributed by atoms with van der Waals surface area (Å²) in [6.45, 7) is 0. The predicted octanol–water partition coefficient (Wildman–Crippen LogP) is 2.86. The zero-order valence-electron chi connectivity index (χ0n) is 15.3. The number of nitrogens with zero attached hydrogens (tertiary/aromatic N) is 3. The van der Waals surface area contributed by atoms with Gasteiger partial charge in [-0.05, 0) is 35.9 Å². The third-order valence-electron chi connectivity index (χ3n) is 4.49. The molecule has 2 aromatic heterocycles. The molecule has 0 fully saturated rings. The van der Waals surface area contributed by atoms with Crippen molar-refractivity contribution < 1.29 is 15.0 Å². The van der Waals surface area contributed by atoms with Crippen LogP contribution in [0.4, 0.5) is 5.69 Å². The van der Waals surface area contributed by atoms with Crippen LogP contribution in [-0.4, -0.2) is 26.8 Å². The molecule has 2 heterocycles. The number of hydrogen-bond donors (Lipinski definition) is 1. The van der Waals surface area contributed by atoms with Crippen LogP contribution in [-0.2, 0) is 0 Å². The zero-order chi connectivity index (χ0) is 21.3. The van der Waals surface area contributed by atoms with Crippen molar-refractivity contribution in [3.63, 3.8) is 0 Å². The van der Waals surface area contributed by atoms with Gasteiger partial charge in [0.1, 0.15) is 5.82 Å². The normalized spacial score (nSPS) is 11.2. The number of aromatic hydroxyl groups is 1. The van der Waals surface area contributed by atoms with E-state index in [0.717, 1.165) is 4.57 Å². The number of pyridine rings is 2. The summed E-state index contributed by atoms with van der Waals surface area (Å²) >= 11 is 5.88. The minimum atomic E-state index is -1.28. The average Bonchev–Trinajstić information content (AvgIpc) is 2.75. The van der Waals surface area contributed by atoms with Crippen molar-refractivity contribution in [2.24, 2.45) is 4.99 Å². The van der Waals surface area contributed by atoms with Crippen LogP contribution in [0, 0.1) is 0 Å². The lowest BCUT2D eigenvalue weighted by atomic mass is 10.1. The summed E-state index contributed by atoms with van der Waals surface area (Å²) in [7, 11) is 0. The summed E-state index contributed by atoms with van der Waals surface area (Å²) in [6, 6.07) is 15.7. The molecule has 0 amide bonds. The van der Waals surface area contributed by atoms with Gasteiger partial charge in [0, 0.05) is 23.2 Å². The van der Waals surface area contributed by atoms with E-state index in [1.165, 1.54) is 42.7 Å². The number of benzene rings is 2. The molecule has 0 atom stereocenters. The molecule has 30 heavy (non-hydrogen) atoms. The van der Waals surface area contributed by atoms with Crippen molar-refractivity contribution in [1.82, 2.24) is 9.55 Å². The maximum atomic E-state index is 13.0. The maximum Gasteiger partial charge on any atom is 0.267 e. The van der Waals surface area contributed by atoms with E-state index in [0.29, 0.717) is 27.0 Å². The van der Waals surface area contributed by atoms with Crippen LogP contribution < -0.4 is 10.7 Å². The Hall–Kier alpha value is -3.97. The number of hydrogen-bond acceptors (Lipinski definition) is 6. The van der Waals surface area contributed by atoms with Crippen molar-refractivity contribution >= 4 is 40.2 Å². The number of aliphatic imine (C=N–C) groups is 1. The number of carbonyl (C=O) groups is 1. The first-order valence-electron chi connectivity index (χ1n) is 8.80. The van der Waals surface area contributed by atoms with Crippen molar-refractivity contribution in [1.29, 1.82) is 0 Å². The molecule has 2 aromatic carbocycles. The molecular weight excluding hydrogens is 406 g/mol. The molecule has 7 nitrogen and oxygen atoms in total. The Labute approximate surface area is 175 Å². The van der Waals surface area contributed by atoms with E-state index in [2.05, 4.69) is 9.98 Å². The van der Waals surface area contributed by atoms with Crippen LogP contribution in [0.1, 0.15) is 15.9 Å². The fourth-order valence-corrected chi connectivity index (χ4v) is 3.14. The van der Waals surface area contributed by atoms with E-state index in [9.17, 15) is 19.8 Å². The van der Waals surface area contributed by atoms with Crippen molar-refractivity contribution in [2.45, 2.75) is 0 Å². The minimum absolute atomic E-state index is 0.0320. The summed E-state index contributed by atoms with van der Waals surface area (Å²) in [5.41, 5.74) is 0.370. The molecular formula is C22H13ClN3O4-. The van der Waals surface area contributed by atoms with E-state index in [1.807, 2.05) is 0 Å². The molecule has 4 rings (SSSR count). The first-order chi connectivity index (χ1) is 14.5. The largest absolute Gasteiger partial charge is 0.545 e. The molecule has 0 aliphatic rings. The van der Waals surface area contributed by atoms with E-state index in [1.54, 1.807) is 30.3 Å². The van der Waals surface area contributed by atoms with Gasteiger partial charge in [0.2, 0.25) is 5.88 Å². The highest BCUT2D eigenvalue weighted by Gasteiger charge is 2.17. The van der Waals surface area contributed by atoms with Crippen molar-refractivity contribution in [3.05, 3.63) is 93.4 Å². The Morgan fingerprint density at radius 1 is 1.07 bits per heavy atom. The van der Waals surface area contributed by atoms with Gasteiger partial charge < -0.3 is 15.0 Å². The minimum Gasteiger partial charge on any atom is -0.545 e. The van der Waals surface area contributed by atoms with Gasteiger partial charge in [0.15, 0.2) is 0 Å². The van der Waals surface area contributed by atoms with Gasteiger partial charge in [0.05, 0.1) is 22.2 Å². The second kappa shape index (κ2) is 7.81. The highest BCUT2D eigenvalue weighted by atomic mass is 35.5. The van der Waals surface area contributed by atoms with Gasteiger partial charge in [-0.3, -0.25) is 9.79 Å². The van der Waals surface area contributed by atoms with Crippen LogP contribution in [0.3, 0.4) is 0 Å². The molecule has 0 spiro atoms. The predicted molar refractivity (Wildman–Crippen MR) is 112 cm³/mol. The number of rotatable bonds is 4. The van der Waals surface area contributed by atoms with Gasteiger partial charge >= 0.3 is 0 Å². The molecule has 0 radical (unpaired) electrons. The third-order valence-corrected chi connectivity index (χ3v) is 4.71. The van der Waals surface area contributed by atoms with Gasteiger partial charge in [-0.25, -0.2) is 9.55 Å². The number of carboxylic acids is 1. The van der Waals surface area contributed by atoms with E-state index < -0.39 is 11.5 Å². The summed E-state index contributed by atoms with van der Waals surface area (Å²) in [6.07, 6.45) is 2.79. The molecule has 0 aliphatic carbocycles. The Balaban J connectivity index is 1.89. The van der Waals surface area contributed by atoms with Crippen LogP contribution in [0.25, 0.3) is 16.6 Å². The molecule has 0 saturated carbocycles.